The molecule has 4 heteroatoms. The molecule has 0 saturated heterocycles. The van der Waals surface area contributed by atoms with Gasteiger partial charge in [-0.25, -0.2) is 4.79 Å². The molecule has 0 N–H and O–H groups in total. The standard InChI is InChI=1S/C25H32O2S2/c1-3-5-7-8-10-12-22-17-20-18-23(29-25(20)28-22)24(26)27-21-15-13-19(14-16-21)11-9-6-4-2/h13-18H,3-12H2,1-2H3. The molecule has 0 saturated carbocycles. The highest BCUT2D eigenvalue weighted by Gasteiger charge is 2.15. The predicted octanol–water partition coefficient (Wildman–Crippen LogP) is 8.43. The first-order valence-corrected chi connectivity index (χ1v) is 12.7. The summed E-state index contributed by atoms with van der Waals surface area (Å²) < 4.78 is 6.82. The minimum Gasteiger partial charge on any atom is -0.422 e. The van der Waals surface area contributed by atoms with Crippen molar-refractivity contribution in [2.75, 3.05) is 0 Å². The van der Waals surface area contributed by atoms with Crippen molar-refractivity contribution < 1.29 is 9.53 Å². The van der Waals surface area contributed by atoms with Crippen molar-refractivity contribution in [3.63, 3.8) is 0 Å². The summed E-state index contributed by atoms with van der Waals surface area (Å²) in [7, 11) is 0. The summed E-state index contributed by atoms with van der Waals surface area (Å²) in [6, 6.07) is 12.2. The van der Waals surface area contributed by atoms with E-state index in [2.05, 4.69) is 32.0 Å². The summed E-state index contributed by atoms with van der Waals surface area (Å²) >= 11 is 3.38. The number of rotatable bonds is 12. The second-order valence-electron chi connectivity index (χ2n) is 7.72. The number of unbranched alkanes of at least 4 members (excludes halogenated alkanes) is 6. The smallest absolute Gasteiger partial charge is 0.353 e. The fourth-order valence-electron chi connectivity index (χ4n) is 3.48. The summed E-state index contributed by atoms with van der Waals surface area (Å²) in [6.45, 7) is 4.46. The Morgan fingerprint density at radius 2 is 1.52 bits per heavy atom. The van der Waals surface area contributed by atoms with Gasteiger partial charge in [0.15, 0.2) is 0 Å². The SMILES string of the molecule is CCCCCCCc1cc2cc(C(=O)Oc3ccc(CCCCC)cc3)sc2s1. The summed E-state index contributed by atoms with van der Waals surface area (Å²) in [5.41, 5.74) is 1.30. The molecule has 156 valence electrons. The van der Waals surface area contributed by atoms with Crippen molar-refractivity contribution in [3.8, 4) is 5.75 Å². The number of ether oxygens (including phenoxy) is 1. The van der Waals surface area contributed by atoms with Gasteiger partial charge in [0.1, 0.15) is 10.6 Å². The molecule has 0 aliphatic heterocycles. The fourth-order valence-corrected chi connectivity index (χ4v) is 5.89. The largest absolute Gasteiger partial charge is 0.422 e. The molecule has 0 spiro atoms. The van der Waals surface area contributed by atoms with E-state index in [-0.39, 0.29) is 5.97 Å². The molecule has 0 fully saturated rings. The molecule has 0 aliphatic rings. The summed E-state index contributed by atoms with van der Waals surface area (Å²) in [6.07, 6.45) is 12.5. The van der Waals surface area contributed by atoms with Crippen molar-refractivity contribution >= 4 is 38.0 Å². The van der Waals surface area contributed by atoms with Gasteiger partial charge < -0.3 is 4.74 Å². The molecule has 3 aromatic rings. The third kappa shape index (κ3) is 6.68. The molecule has 0 bridgehead atoms. The average Bonchev–Trinajstić information content (AvgIpc) is 3.28. The number of fused-ring (bicyclic) bond motifs is 1. The maximum absolute atomic E-state index is 12.5. The Bertz CT molecular complexity index is 858. The Hall–Kier alpha value is -1.65. The minimum atomic E-state index is -0.252. The fraction of sp³-hybridized carbons (Fsp3) is 0.480. The molecule has 2 aromatic heterocycles. The monoisotopic (exact) mass is 428 g/mol. The van der Waals surface area contributed by atoms with Gasteiger partial charge in [0.25, 0.3) is 0 Å². The van der Waals surface area contributed by atoms with Crippen LogP contribution in [0.2, 0.25) is 0 Å². The third-order valence-corrected chi connectivity index (χ3v) is 7.63. The van der Waals surface area contributed by atoms with Crippen molar-refractivity contribution in [3.05, 3.63) is 51.7 Å². The predicted molar refractivity (Wildman–Crippen MR) is 127 cm³/mol. The van der Waals surface area contributed by atoms with Crippen LogP contribution < -0.4 is 4.74 Å². The number of hydrogen-bond acceptors (Lipinski definition) is 4. The number of hydrogen-bond donors (Lipinski definition) is 0. The lowest BCUT2D eigenvalue weighted by Gasteiger charge is -2.05. The van der Waals surface area contributed by atoms with Crippen LogP contribution in [-0.2, 0) is 12.8 Å². The van der Waals surface area contributed by atoms with Gasteiger partial charge in [-0.15, -0.1) is 22.7 Å². The zero-order chi connectivity index (χ0) is 20.5. The first-order valence-electron chi connectivity index (χ1n) is 11.0. The number of esters is 1. The second kappa shape index (κ2) is 11.5. The van der Waals surface area contributed by atoms with Gasteiger partial charge in [0.05, 0.1) is 4.01 Å². The van der Waals surface area contributed by atoms with E-state index in [1.54, 1.807) is 11.3 Å². The highest BCUT2D eigenvalue weighted by Crippen LogP contribution is 2.35. The number of thiophene rings is 2. The van der Waals surface area contributed by atoms with Crippen LogP contribution in [0.3, 0.4) is 0 Å². The lowest BCUT2D eigenvalue weighted by Crippen LogP contribution is -2.06. The van der Waals surface area contributed by atoms with E-state index in [9.17, 15) is 4.79 Å². The van der Waals surface area contributed by atoms with Crippen LogP contribution >= 0.6 is 22.7 Å². The first-order chi connectivity index (χ1) is 14.2. The van der Waals surface area contributed by atoms with E-state index in [4.69, 9.17) is 4.74 Å². The van der Waals surface area contributed by atoms with E-state index in [0.717, 1.165) is 12.8 Å². The minimum absolute atomic E-state index is 0.252. The van der Waals surface area contributed by atoms with E-state index in [0.29, 0.717) is 10.6 Å². The van der Waals surface area contributed by atoms with Gasteiger partial charge in [0, 0.05) is 10.3 Å². The van der Waals surface area contributed by atoms with Crippen LogP contribution in [0, 0.1) is 0 Å². The molecule has 29 heavy (non-hydrogen) atoms. The Morgan fingerprint density at radius 3 is 2.24 bits per heavy atom. The molecule has 0 radical (unpaired) electrons. The second-order valence-corrected chi connectivity index (χ2v) is 10.2. The Labute approximate surface area is 182 Å². The maximum atomic E-state index is 12.5. The molecular weight excluding hydrogens is 396 g/mol. The van der Waals surface area contributed by atoms with Crippen molar-refractivity contribution in [2.24, 2.45) is 0 Å². The summed E-state index contributed by atoms with van der Waals surface area (Å²) in [5, 5.41) is 1.18. The number of carbonyl (C=O) groups is 1. The third-order valence-electron chi connectivity index (χ3n) is 5.20. The lowest BCUT2D eigenvalue weighted by atomic mass is 10.1. The maximum Gasteiger partial charge on any atom is 0.353 e. The van der Waals surface area contributed by atoms with Gasteiger partial charge in [-0.3, -0.25) is 0 Å². The quantitative estimate of drug-likeness (QED) is 0.164. The van der Waals surface area contributed by atoms with E-state index < -0.39 is 0 Å². The van der Waals surface area contributed by atoms with Crippen LogP contribution in [0.4, 0.5) is 0 Å². The number of aryl methyl sites for hydroxylation is 2. The van der Waals surface area contributed by atoms with E-state index in [1.807, 2.05) is 29.5 Å². The van der Waals surface area contributed by atoms with Crippen molar-refractivity contribution in [2.45, 2.75) is 78.1 Å². The zero-order valence-electron chi connectivity index (χ0n) is 17.7. The molecule has 3 rings (SSSR count). The van der Waals surface area contributed by atoms with E-state index >= 15 is 0 Å². The molecule has 2 heterocycles. The highest BCUT2D eigenvalue weighted by atomic mass is 32.2. The van der Waals surface area contributed by atoms with Crippen LogP contribution in [0.15, 0.2) is 36.4 Å². The van der Waals surface area contributed by atoms with Crippen LogP contribution in [-0.4, -0.2) is 5.97 Å². The van der Waals surface area contributed by atoms with Gasteiger partial charge >= 0.3 is 5.97 Å². The topological polar surface area (TPSA) is 26.3 Å². The summed E-state index contributed by atoms with van der Waals surface area (Å²) in [4.78, 5) is 14.6. The van der Waals surface area contributed by atoms with E-state index in [1.165, 1.54) is 71.2 Å². The van der Waals surface area contributed by atoms with Crippen molar-refractivity contribution in [1.82, 2.24) is 0 Å². The highest BCUT2D eigenvalue weighted by molar-refractivity contribution is 7.39. The van der Waals surface area contributed by atoms with Gasteiger partial charge in [-0.2, -0.15) is 0 Å². The molecule has 0 unspecified atom stereocenters. The number of benzene rings is 1. The van der Waals surface area contributed by atoms with Crippen LogP contribution in [0.5, 0.6) is 5.75 Å². The van der Waals surface area contributed by atoms with Gasteiger partial charge in [-0.05, 0) is 55.5 Å². The Balaban J connectivity index is 1.52. The molecule has 0 aliphatic carbocycles. The molecule has 2 nitrogen and oxygen atoms in total. The lowest BCUT2D eigenvalue weighted by molar-refractivity contribution is 0.0740. The van der Waals surface area contributed by atoms with Crippen LogP contribution in [0.1, 0.15) is 85.3 Å². The van der Waals surface area contributed by atoms with Crippen LogP contribution in [0.25, 0.3) is 9.40 Å². The molecule has 0 atom stereocenters. The normalized spacial score (nSPS) is 11.2. The zero-order valence-corrected chi connectivity index (χ0v) is 19.3. The molecule has 0 amide bonds. The Morgan fingerprint density at radius 1 is 0.828 bits per heavy atom. The average molecular weight is 429 g/mol. The molecule has 1 aromatic carbocycles. The molecular formula is C25H32O2S2. The number of carbonyl (C=O) groups excluding carboxylic acids is 1. The Kier molecular flexibility index (Phi) is 8.75. The summed E-state index contributed by atoms with van der Waals surface area (Å²) in [5.74, 6) is 0.372. The van der Waals surface area contributed by atoms with Crippen molar-refractivity contribution in [1.29, 1.82) is 0 Å². The van der Waals surface area contributed by atoms with Gasteiger partial charge in [-0.1, -0.05) is 64.5 Å². The van der Waals surface area contributed by atoms with Gasteiger partial charge in [0.2, 0.25) is 0 Å². The first kappa shape index (κ1) is 22.0.